The number of hydrogen-bond donors (Lipinski definition) is 2. The third-order valence-electron chi connectivity index (χ3n) is 7.08. The summed E-state index contributed by atoms with van der Waals surface area (Å²) in [4.78, 5) is 39.1. The average Bonchev–Trinajstić information content (AvgIpc) is 2.97. The number of hydrogen-bond acceptors (Lipinski definition) is 5. The number of Topliss-reactive ketones (excluding diaryl/α,β-unsaturated/α-hetero) is 2. The molecular formula is C27H32O5. The molecule has 0 spiro atoms. The SMILES string of the molecule is CCC(O)(CC)C(=O)c1ccc2c(c1)CCc1ccc(C(=O)C(O)(CC)CC)cc1C2=O. The first-order valence-corrected chi connectivity index (χ1v) is 11.5. The molecule has 0 heterocycles. The van der Waals surface area contributed by atoms with Crippen LogP contribution < -0.4 is 0 Å². The maximum Gasteiger partial charge on any atom is 0.194 e. The van der Waals surface area contributed by atoms with Gasteiger partial charge in [-0.25, -0.2) is 0 Å². The van der Waals surface area contributed by atoms with Crippen LogP contribution in [-0.2, 0) is 12.8 Å². The predicted octanol–water partition coefficient (Wildman–Crippen LogP) is 4.48. The lowest BCUT2D eigenvalue weighted by Gasteiger charge is -2.24. The Balaban J connectivity index is 2.01. The molecule has 0 fully saturated rings. The Hall–Kier alpha value is -2.63. The zero-order valence-electron chi connectivity index (χ0n) is 19.3. The Labute approximate surface area is 189 Å². The molecule has 0 atom stereocenters. The number of rotatable bonds is 8. The van der Waals surface area contributed by atoms with Crippen molar-refractivity contribution in [3.05, 3.63) is 69.8 Å². The normalized spacial score (nSPS) is 13.9. The van der Waals surface area contributed by atoms with Crippen LogP contribution in [0.4, 0.5) is 0 Å². The highest BCUT2D eigenvalue weighted by Gasteiger charge is 2.35. The third-order valence-corrected chi connectivity index (χ3v) is 7.08. The lowest BCUT2D eigenvalue weighted by Crippen LogP contribution is -2.37. The van der Waals surface area contributed by atoms with Crippen LogP contribution in [0.1, 0.15) is 101 Å². The Kier molecular flexibility index (Phi) is 6.82. The van der Waals surface area contributed by atoms with Gasteiger partial charge in [0, 0.05) is 22.3 Å². The minimum absolute atomic E-state index is 0.195. The van der Waals surface area contributed by atoms with Gasteiger partial charge in [0.05, 0.1) is 0 Å². The van der Waals surface area contributed by atoms with Crippen molar-refractivity contribution < 1.29 is 24.6 Å². The molecule has 3 rings (SSSR count). The molecule has 170 valence electrons. The summed E-state index contributed by atoms with van der Waals surface area (Å²) in [5.74, 6) is -0.897. The minimum Gasteiger partial charge on any atom is -0.382 e. The standard InChI is InChI=1S/C27H32O5/c1-5-26(31,6-2)24(29)19-13-14-21-18(15-19)11-9-17-10-12-20(16-22(17)23(21)28)25(30)27(32,7-3)8-4/h10,12-16,31-32H,5-9,11H2,1-4H3. The largest absolute Gasteiger partial charge is 0.382 e. The highest BCUT2D eigenvalue weighted by molar-refractivity contribution is 6.14. The molecule has 0 bridgehead atoms. The monoisotopic (exact) mass is 436 g/mol. The summed E-state index contributed by atoms with van der Waals surface area (Å²) in [5.41, 5.74) is 0.449. The summed E-state index contributed by atoms with van der Waals surface area (Å²) in [6.45, 7) is 7.09. The molecule has 0 aromatic heterocycles. The summed E-state index contributed by atoms with van der Waals surface area (Å²) in [6, 6.07) is 10.0. The van der Waals surface area contributed by atoms with Crippen molar-refractivity contribution in [3.63, 3.8) is 0 Å². The zero-order valence-corrected chi connectivity index (χ0v) is 19.3. The smallest absolute Gasteiger partial charge is 0.194 e. The molecule has 2 aromatic carbocycles. The summed E-state index contributed by atoms with van der Waals surface area (Å²) < 4.78 is 0. The molecule has 0 saturated heterocycles. The Morgan fingerprint density at radius 2 is 1.19 bits per heavy atom. The van der Waals surface area contributed by atoms with E-state index in [0.29, 0.717) is 60.8 Å². The summed E-state index contributed by atoms with van der Waals surface area (Å²) in [7, 11) is 0. The number of aryl methyl sites for hydroxylation is 2. The molecule has 32 heavy (non-hydrogen) atoms. The molecule has 0 radical (unpaired) electrons. The molecule has 0 amide bonds. The molecule has 0 aliphatic heterocycles. The lowest BCUT2D eigenvalue weighted by atomic mass is 9.85. The fourth-order valence-corrected chi connectivity index (χ4v) is 4.40. The van der Waals surface area contributed by atoms with Gasteiger partial charge < -0.3 is 10.2 Å². The summed E-state index contributed by atoms with van der Waals surface area (Å²) in [5, 5.41) is 21.3. The first-order valence-electron chi connectivity index (χ1n) is 11.5. The van der Waals surface area contributed by atoms with E-state index in [1.807, 2.05) is 0 Å². The minimum atomic E-state index is -1.44. The van der Waals surface area contributed by atoms with Crippen LogP contribution >= 0.6 is 0 Å². The van der Waals surface area contributed by atoms with Crippen molar-refractivity contribution >= 4 is 17.3 Å². The fourth-order valence-electron chi connectivity index (χ4n) is 4.40. The van der Waals surface area contributed by atoms with Crippen molar-refractivity contribution in [1.29, 1.82) is 0 Å². The number of aliphatic hydroxyl groups is 2. The van der Waals surface area contributed by atoms with Crippen LogP contribution in [0, 0.1) is 0 Å². The van der Waals surface area contributed by atoms with E-state index in [9.17, 15) is 24.6 Å². The number of carbonyl (C=O) groups excluding carboxylic acids is 3. The van der Waals surface area contributed by atoms with Gasteiger partial charge in [0.1, 0.15) is 11.2 Å². The zero-order chi connectivity index (χ0) is 23.7. The first-order chi connectivity index (χ1) is 15.1. The quantitative estimate of drug-likeness (QED) is 0.595. The van der Waals surface area contributed by atoms with Gasteiger partial charge in [0.2, 0.25) is 0 Å². The molecule has 0 unspecified atom stereocenters. The van der Waals surface area contributed by atoms with E-state index in [4.69, 9.17) is 0 Å². The van der Waals surface area contributed by atoms with E-state index in [-0.39, 0.29) is 17.3 Å². The second-order valence-electron chi connectivity index (χ2n) is 8.71. The summed E-state index contributed by atoms with van der Waals surface area (Å²) >= 11 is 0. The molecule has 0 saturated carbocycles. The van der Waals surface area contributed by atoms with Crippen molar-refractivity contribution in [3.8, 4) is 0 Å². The van der Waals surface area contributed by atoms with Crippen LogP contribution in [0.25, 0.3) is 0 Å². The van der Waals surface area contributed by atoms with Gasteiger partial charge in [-0.05, 0) is 61.8 Å². The molecule has 1 aliphatic rings. The highest BCUT2D eigenvalue weighted by atomic mass is 16.3. The highest BCUT2D eigenvalue weighted by Crippen LogP contribution is 2.30. The van der Waals surface area contributed by atoms with Gasteiger partial charge in [0.25, 0.3) is 0 Å². The van der Waals surface area contributed by atoms with E-state index in [2.05, 4.69) is 0 Å². The topological polar surface area (TPSA) is 91.7 Å². The second kappa shape index (κ2) is 9.08. The van der Waals surface area contributed by atoms with Crippen LogP contribution in [0.5, 0.6) is 0 Å². The second-order valence-corrected chi connectivity index (χ2v) is 8.71. The average molecular weight is 437 g/mol. The number of carbonyl (C=O) groups is 3. The predicted molar refractivity (Wildman–Crippen MR) is 123 cm³/mol. The molecule has 2 aromatic rings. The van der Waals surface area contributed by atoms with Gasteiger partial charge >= 0.3 is 0 Å². The van der Waals surface area contributed by atoms with Gasteiger partial charge in [-0.3, -0.25) is 14.4 Å². The molecule has 1 aliphatic carbocycles. The van der Waals surface area contributed by atoms with Crippen LogP contribution in [-0.4, -0.2) is 38.8 Å². The van der Waals surface area contributed by atoms with Crippen molar-refractivity contribution in [2.75, 3.05) is 0 Å². The maximum atomic E-state index is 13.4. The van der Waals surface area contributed by atoms with Gasteiger partial charge in [-0.15, -0.1) is 0 Å². The van der Waals surface area contributed by atoms with Crippen LogP contribution in [0.2, 0.25) is 0 Å². The van der Waals surface area contributed by atoms with Crippen molar-refractivity contribution in [2.45, 2.75) is 77.4 Å². The lowest BCUT2D eigenvalue weighted by molar-refractivity contribution is 0.0277. The maximum absolute atomic E-state index is 13.4. The molecule has 2 N–H and O–H groups in total. The molecule has 5 nitrogen and oxygen atoms in total. The van der Waals surface area contributed by atoms with Gasteiger partial charge in [-0.1, -0.05) is 52.0 Å². The number of ketones is 3. The molecular weight excluding hydrogens is 404 g/mol. The van der Waals surface area contributed by atoms with Crippen molar-refractivity contribution in [1.82, 2.24) is 0 Å². The third kappa shape index (κ3) is 4.07. The fraction of sp³-hybridized carbons (Fsp3) is 0.444. The van der Waals surface area contributed by atoms with E-state index in [1.54, 1.807) is 64.1 Å². The van der Waals surface area contributed by atoms with Crippen LogP contribution in [0.15, 0.2) is 36.4 Å². The van der Waals surface area contributed by atoms with E-state index >= 15 is 0 Å². The van der Waals surface area contributed by atoms with E-state index in [0.717, 1.165) is 11.1 Å². The van der Waals surface area contributed by atoms with Crippen LogP contribution in [0.3, 0.4) is 0 Å². The van der Waals surface area contributed by atoms with Crippen molar-refractivity contribution in [2.24, 2.45) is 0 Å². The Bertz CT molecular complexity index is 1060. The van der Waals surface area contributed by atoms with E-state index < -0.39 is 11.2 Å². The Morgan fingerprint density at radius 1 is 0.719 bits per heavy atom. The number of benzene rings is 2. The van der Waals surface area contributed by atoms with Gasteiger partial charge in [0.15, 0.2) is 17.3 Å². The number of fused-ring (bicyclic) bond motifs is 2. The van der Waals surface area contributed by atoms with Gasteiger partial charge in [-0.2, -0.15) is 0 Å². The first kappa shape index (κ1) is 24.0. The summed E-state index contributed by atoms with van der Waals surface area (Å²) in [6.07, 6.45) is 2.42. The molecule has 5 heteroatoms. The van der Waals surface area contributed by atoms with E-state index in [1.165, 1.54) is 0 Å². The Morgan fingerprint density at radius 3 is 1.72 bits per heavy atom.